The minimum absolute atomic E-state index is 0.198. The summed E-state index contributed by atoms with van der Waals surface area (Å²) in [5, 5.41) is 1.44. The van der Waals surface area contributed by atoms with Crippen molar-refractivity contribution in [3.05, 3.63) is 70.3 Å². The molecule has 0 fully saturated rings. The van der Waals surface area contributed by atoms with Gasteiger partial charge in [0.05, 0.1) is 5.54 Å². The summed E-state index contributed by atoms with van der Waals surface area (Å²) in [4.78, 5) is 25.5. The maximum Gasteiger partial charge on any atom is 0.269 e. The lowest BCUT2D eigenvalue weighted by atomic mass is 10.0. The molecule has 0 saturated carbocycles. The van der Waals surface area contributed by atoms with Crippen LogP contribution in [0.2, 0.25) is 0 Å². The van der Waals surface area contributed by atoms with Crippen molar-refractivity contribution in [2.75, 3.05) is 0 Å². The third-order valence-electron chi connectivity index (χ3n) is 4.25. The van der Waals surface area contributed by atoms with E-state index in [0.717, 1.165) is 17.5 Å². The molecule has 0 aromatic heterocycles. The Morgan fingerprint density at radius 3 is 1.96 bits per heavy atom. The van der Waals surface area contributed by atoms with Gasteiger partial charge < -0.3 is 0 Å². The standard InChI is InChI=1S/C22H29N3O2/c1-7-17-8-10-18(11-9-17)20(26)23-24-25(22(4,5)6)21(27)19-13-15(2)12-16(3)14-19/h8-14,24H,7H2,1-6H3,(H,23,26). The van der Waals surface area contributed by atoms with Gasteiger partial charge in [0, 0.05) is 11.1 Å². The van der Waals surface area contributed by atoms with Crippen LogP contribution in [0.5, 0.6) is 0 Å². The molecule has 27 heavy (non-hydrogen) atoms. The quantitative estimate of drug-likeness (QED) is 0.787. The number of amides is 2. The first kappa shape index (κ1) is 20.6. The van der Waals surface area contributed by atoms with Crippen molar-refractivity contribution in [3.63, 3.8) is 0 Å². The number of aryl methyl sites for hydroxylation is 3. The van der Waals surface area contributed by atoms with Crippen LogP contribution in [0.4, 0.5) is 0 Å². The van der Waals surface area contributed by atoms with Crippen LogP contribution < -0.4 is 11.0 Å². The zero-order valence-electron chi connectivity index (χ0n) is 17.0. The minimum Gasteiger partial charge on any atom is -0.269 e. The first-order valence-corrected chi connectivity index (χ1v) is 9.19. The Hall–Kier alpha value is -2.66. The van der Waals surface area contributed by atoms with Crippen molar-refractivity contribution in [3.8, 4) is 0 Å². The van der Waals surface area contributed by atoms with E-state index in [9.17, 15) is 9.59 Å². The molecule has 2 aromatic carbocycles. The predicted octanol–water partition coefficient (Wildman–Crippen LogP) is 3.96. The molecule has 0 unspecified atom stereocenters. The van der Waals surface area contributed by atoms with E-state index in [4.69, 9.17) is 0 Å². The van der Waals surface area contributed by atoms with Crippen LogP contribution in [0.15, 0.2) is 42.5 Å². The number of nitrogens with zero attached hydrogens (tertiary/aromatic N) is 1. The van der Waals surface area contributed by atoms with Crippen molar-refractivity contribution < 1.29 is 9.59 Å². The number of hydrogen-bond acceptors (Lipinski definition) is 3. The highest BCUT2D eigenvalue weighted by Gasteiger charge is 2.28. The van der Waals surface area contributed by atoms with Crippen molar-refractivity contribution in [1.82, 2.24) is 16.0 Å². The van der Waals surface area contributed by atoms with Gasteiger partial charge in [0.2, 0.25) is 0 Å². The third-order valence-corrected chi connectivity index (χ3v) is 4.25. The highest BCUT2D eigenvalue weighted by molar-refractivity contribution is 5.96. The second-order valence-electron chi connectivity index (χ2n) is 7.80. The van der Waals surface area contributed by atoms with Crippen LogP contribution in [0.1, 0.15) is 65.1 Å². The molecule has 0 spiro atoms. The van der Waals surface area contributed by atoms with Crippen LogP contribution in [-0.2, 0) is 6.42 Å². The van der Waals surface area contributed by atoms with Gasteiger partial charge in [-0.2, -0.15) is 0 Å². The zero-order chi connectivity index (χ0) is 20.2. The van der Waals surface area contributed by atoms with E-state index in [1.165, 1.54) is 10.6 Å². The molecular formula is C22H29N3O2. The minimum atomic E-state index is -0.534. The monoisotopic (exact) mass is 367 g/mol. The van der Waals surface area contributed by atoms with Gasteiger partial charge in [-0.3, -0.25) is 20.0 Å². The van der Waals surface area contributed by atoms with E-state index in [2.05, 4.69) is 17.9 Å². The first-order chi connectivity index (χ1) is 12.6. The Kier molecular flexibility index (Phi) is 6.39. The van der Waals surface area contributed by atoms with Gasteiger partial charge >= 0.3 is 0 Å². The van der Waals surface area contributed by atoms with E-state index >= 15 is 0 Å². The molecule has 2 rings (SSSR count). The fourth-order valence-electron chi connectivity index (χ4n) is 2.82. The fraction of sp³-hybridized carbons (Fsp3) is 0.364. The molecule has 0 aliphatic heterocycles. The molecule has 0 atom stereocenters. The Bertz CT molecular complexity index is 800. The molecule has 0 bridgehead atoms. The summed E-state index contributed by atoms with van der Waals surface area (Å²) in [7, 11) is 0. The summed E-state index contributed by atoms with van der Waals surface area (Å²) < 4.78 is 0. The number of benzene rings is 2. The highest BCUT2D eigenvalue weighted by atomic mass is 16.2. The zero-order valence-corrected chi connectivity index (χ0v) is 17.0. The van der Waals surface area contributed by atoms with Gasteiger partial charge in [-0.25, -0.2) is 0 Å². The number of hydrogen-bond donors (Lipinski definition) is 2. The molecule has 5 nitrogen and oxygen atoms in total. The largest absolute Gasteiger partial charge is 0.269 e. The molecule has 0 aliphatic carbocycles. The van der Waals surface area contributed by atoms with E-state index in [-0.39, 0.29) is 11.8 Å². The van der Waals surface area contributed by atoms with Gasteiger partial charge in [-0.05, 0) is 70.9 Å². The van der Waals surface area contributed by atoms with Gasteiger partial charge in [0.15, 0.2) is 0 Å². The van der Waals surface area contributed by atoms with Crippen molar-refractivity contribution in [1.29, 1.82) is 0 Å². The van der Waals surface area contributed by atoms with E-state index < -0.39 is 5.54 Å². The average molecular weight is 367 g/mol. The summed E-state index contributed by atoms with van der Waals surface area (Å²) in [6.45, 7) is 11.7. The van der Waals surface area contributed by atoms with Crippen molar-refractivity contribution in [2.24, 2.45) is 0 Å². The lowest BCUT2D eigenvalue weighted by Gasteiger charge is -2.35. The fourth-order valence-corrected chi connectivity index (χ4v) is 2.82. The van der Waals surface area contributed by atoms with Gasteiger partial charge in [0.1, 0.15) is 0 Å². The van der Waals surface area contributed by atoms with Crippen LogP contribution in [0.25, 0.3) is 0 Å². The number of rotatable bonds is 5. The number of carbonyl (C=O) groups is 2. The second-order valence-corrected chi connectivity index (χ2v) is 7.80. The third kappa shape index (κ3) is 5.41. The molecular weight excluding hydrogens is 338 g/mol. The Morgan fingerprint density at radius 2 is 1.48 bits per heavy atom. The van der Waals surface area contributed by atoms with E-state index in [0.29, 0.717) is 11.1 Å². The van der Waals surface area contributed by atoms with E-state index in [1.807, 2.05) is 65.0 Å². The predicted molar refractivity (Wildman–Crippen MR) is 108 cm³/mol. The summed E-state index contributed by atoms with van der Waals surface area (Å²) >= 11 is 0. The summed E-state index contributed by atoms with van der Waals surface area (Å²) in [5.74, 6) is -0.490. The smallest absolute Gasteiger partial charge is 0.269 e. The van der Waals surface area contributed by atoms with Gasteiger partial charge in [-0.15, -0.1) is 5.53 Å². The van der Waals surface area contributed by atoms with Crippen LogP contribution in [-0.4, -0.2) is 22.4 Å². The summed E-state index contributed by atoms with van der Waals surface area (Å²) in [5.41, 5.74) is 9.24. The first-order valence-electron chi connectivity index (χ1n) is 9.19. The Labute approximate surface area is 161 Å². The highest BCUT2D eigenvalue weighted by Crippen LogP contribution is 2.17. The van der Waals surface area contributed by atoms with Crippen molar-refractivity contribution in [2.45, 2.75) is 53.5 Å². The molecule has 2 amide bonds. The molecule has 5 heteroatoms. The van der Waals surface area contributed by atoms with E-state index in [1.54, 1.807) is 12.1 Å². The second kappa shape index (κ2) is 8.35. The number of hydrazine groups is 2. The normalized spacial score (nSPS) is 11.2. The average Bonchev–Trinajstić information content (AvgIpc) is 2.59. The summed E-state index contributed by atoms with van der Waals surface area (Å²) in [6.07, 6.45) is 0.919. The molecule has 0 saturated heterocycles. The Balaban J connectivity index is 2.16. The lowest BCUT2D eigenvalue weighted by molar-refractivity contribution is 0.0308. The topological polar surface area (TPSA) is 61.4 Å². The lowest BCUT2D eigenvalue weighted by Crippen LogP contribution is -2.59. The maximum atomic E-state index is 13.0. The van der Waals surface area contributed by atoms with Gasteiger partial charge in [0.25, 0.3) is 11.8 Å². The van der Waals surface area contributed by atoms with Crippen LogP contribution in [0.3, 0.4) is 0 Å². The molecule has 144 valence electrons. The maximum absolute atomic E-state index is 13.0. The summed E-state index contributed by atoms with van der Waals surface area (Å²) in [6, 6.07) is 13.1. The number of nitrogens with one attached hydrogen (secondary N) is 2. The molecule has 0 heterocycles. The SMILES string of the molecule is CCc1ccc(C(=O)NNN(C(=O)c2cc(C)cc(C)c2)C(C)(C)C)cc1. The molecule has 2 aromatic rings. The van der Waals surface area contributed by atoms with Crippen LogP contribution in [0, 0.1) is 13.8 Å². The molecule has 2 N–H and O–H groups in total. The number of carbonyl (C=O) groups excluding carboxylic acids is 2. The Morgan fingerprint density at radius 1 is 0.926 bits per heavy atom. The molecule has 0 radical (unpaired) electrons. The van der Waals surface area contributed by atoms with Crippen LogP contribution >= 0.6 is 0 Å². The molecule has 0 aliphatic rings. The van der Waals surface area contributed by atoms with Gasteiger partial charge in [-0.1, -0.05) is 36.2 Å². The van der Waals surface area contributed by atoms with Crippen molar-refractivity contribution >= 4 is 11.8 Å².